The van der Waals surface area contributed by atoms with Crippen molar-refractivity contribution < 1.29 is 4.39 Å². The number of nitrogens with two attached hydrogens (primary N) is 1. The van der Waals surface area contributed by atoms with E-state index in [1.54, 1.807) is 12.1 Å². The highest BCUT2D eigenvalue weighted by Crippen LogP contribution is 2.32. The molecule has 0 amide bonds. The van der Waals surface area contributed by atoms with E-state index in [1.807, 2.05) is 10.9 Å². The first-order valence-electron chi connectivity index (χ1n) is 10.9. The van der Waals surface area contributed by atoms with Crippen LogP contribution in [0.3, 0.4) is 0 Å². The second-order valence-electron chi connectivity index (χ2n) is 8.05. The Morgan fingerprint density at radius 3 is 2.63 bits per heavy atom. The molecular formula is C22H30FN7. The average Bonchev–Trinajstić information content (AvgIpc) is 3.12. The highest BCUT2D eigenvalue weighted by molar-refractivity contribution is 5.87. The van der Waals surface area contributed by atoms with Crippen LogP contribution in [0.25, 0.3) is 11.0 Å². The summed E-state index contributed by atoms with van der Waals surface area (Å²) in [5.74, 6) is 1.15. The number of benzene rings is 1. The van der Waals surface area contributed by atoms with Gasteiger partial charge in [0, 0.05) is 25.3 Å². The maximum Gasteiger partial charge on any atom is 0.224 e. The lowest BCUT2D eigenvalue weighted by Crippen LogP contribution is -2.28. The number of hydrogen-bond donors (Lipinski definition) is 3. The number of nitrogens with one attached hydrogen (secondary N) is 2. The van der Waals surface area contributed by atoms with Gasteiger partial charge >= 0.3 is 0 Å². The largest absolute Gasteiger partial charge is 0.364 e. The molecule has 0 radical (unpaired) electrons. The van der Waals surface area contributed by atoms with Gasteiger partial charge in [0.15, 0.2) is 11.5 Å². The molecule has 8 heteroatoms. The fourth-order valence-corrected chi connectivity index (χ4v) is 3.90. The van der Waals surface area contributed by atoms with Gasteiger partial charge in [-0.15, -0.1) is 0 Å². The van der Waals surface area contributed by atoms with Crippen LogP contribution in [0.2, 0.25) is 0 Å². The van der Waals surface area contributed by atoms with Crippen LogP contribution in [0.15, 0.2) is 30.5 Å². The Morgan fingerprint density at radius 2 is 1.90 bits per heavy atom. The predicted molar refractivity (Wildman–Crippen MR) is 118 cm³/mol. The highest BCUT2D eigenvalue weighted by Gasteiger charge is 2.24. The van der Waals surface area contributed by atoms with Gasteiger partial charge in [0.05, 0.1) is 11.4 Å². The zero-order chi connectivity index (χ0) is 20.9. The molecule has 0 saturated heterocycles. The molecule has 1 aliphatic rings. The first-order chi connectivity index (χ1) is 14.6. The minimum atomic E-state index is -0.236. The van der Waals surface area contributed by atoms with Crippen LogP contribution in [0, 0.1) is 5.82 Å². The first-order valence-corrected chi connectivity index (χ1v) is 10.9. The molecule has 2 aromatic heterocycles. The summed E-state index contributed by atoms with van der Waals surface area (Å²) in [5.41, 5.74) is 7.93. The van der Waals surface area contributed by atoms with Crippen molar-refractivity contribution in [2.75, 3.05) is 17.2 Å². The van der Waals surface area contributed by atoms with Crippen molar-refractivity contribution in [3.8, 4) is 0 Å². The molecule has 1 aromatic carbocycles. The van der Waals surface area contributed by atoms with E-state index in [1.165, 1.54) is 12.1 Å². The van der Waals surface area contributed by atoms with Crippen LogP contribution in [-0.4, -0.2) is 32.3 Å². The molecule has 160 valence electrons. The number of anilines is 2. The second-order valence-corrected chi connectivity index (χ2v) is 8.05. The molecule has 0 spiro atoms. The van der Waals surface area contributed by atoms with Gasteiger partial charge in [-0.3, -0.25) is 0 Å². The lowest BCUT2D eigenvalue weighted by Gasteiger charge is -2.26. The third kappa shape index (κ3) is 4.70. The number of fused-ring (bicyclic) bond motifs is 1. The van der Waals surface area contributed by atoms with E-state index >= 15 is 0 Å². The summed E-state index contributed by atoms with van der Waals surface area (Å²) in [6, 6.07) is 7.05. The Labute approximate surface area is 176 Å². The molecule has 3 aromatic rings. The normalized spacial score (nSPS) is 19.2. The molecule has 4 N–H and O–H groups in total. The fourth-order valence-electron chi connectivity index (χ4n) is 3.90. The quantitative estimate of drug-likeness (QED) is 0.480. The molecule has 4 rings (SSSR count). The van der Waals surface area contributed by atoms with Gasteiger partial charge < -0.3 is 16.4 Å². The number of hydrogen-bond acceptors (Lipinski definition) is 6. The lowest BCUT2D eigenvalue weighted by atomic mass is 9.92. The summed E-state index contributed by atoms with van der Waals surface area (Å²) in [6.45, 7) is 3.57. The number of nitrogens with zero attached hydrogens (tertiary/aromatic N) is 4. The Kier molecular flexibility index (Phi) is 6.42. The number of unbranched alkanes of at least 4 members (excludes halogenated alkanes) is 1. The number of halogens is 1. The molecule has 1 aliphatic carbocycles. The molecule has 30 heavy (non-hydrogen) atoms. The molecule has 0 bridgehead atoms. The molecule has 1 fully saturated rings. The van der Waals surface area contributed by atoms with Crippen molar-refractivity contribution in [1.29, 1.82) is 0 Å². The molecule has 0 aliphatic heterocycles. The molecule has 0 unspecified atom stereocenters. The number of aromatic nitrogens is 4. The lowest BCUT2D eigenvalue weighted by molar-refractivity contribution is 0.310. The summed E-state index contributed by atoms with van der Waals surface area (Å²) in [5, 5.41) is 12.5. The van der Waals surface area contributed by atoms with Crippen LogP contribution < -0.4 is 16.4 Å². The smallest absolute Gasteiger partial charge is 0.224 e. The molecule has 7 nitrogen and oxygen atoms in total. The molecule has 2 heterocycles. The minimum absolute atomic E-state index is 0.236. The third-order valence-corrected chi connectivity index (χ3v) is 5.72. The van der Waals surface area contributed by atoms with E-state index in [2.05, 4.69) is 22.5 Å². The number of rotatable bonds is 8. The monoisotopic (exact) mass is 411 g/mol. The van der Waals surface area contributed by atoms with Crippen molar-refractivity contribution in [2.24, 2.45) is 5.73 Å². The SMILES string of the molecule is CCCCNc1ncc2c(NCc3ccc(F)cc3)nn(C3CCC(N)CC3)c2n1. The highest BCUT2D eigenvalue weighted by atomic mass is 19.1. The van der Waals surface area contributed by atoms with E-state index in [0.717, 1.165) is 67.5 Å². The van der Waals surface area contributed by atoms with Crippen LogP contribution >= 0.6 is 0 Å². The maximum atomic E-state index is 13.2. The van der Waals surface area contributed by atoms with Gasteiger partial charge in [-0.25, -0.2) is 14.1 Å². The van der Waals surface area contributed by atoms with Crippen molar-refractivity contribution in [3.05, 3.63) is 41.8 Å². The Hall–Kier alpha value is -2.74. The Morgan fingerprint density at radius 1 is 1.13 bits per heavy atom. The Bertz CT molecular complexity index is 962. The van der Waals surface area contributed by atoms with Crippen LogP contribution in [0.5, 0.6) is 0 Å². The van der Waals surface area contributed by atoms with Gasteiger partial charge in [0.1, 0.15) is 5.82 Å². The zero-order valence-corrected chi connectivity index (χ0v) is 17.4. The van der Waals surface area contributed by atoms with Crippen LogP contribution in [-0.2, 0) is 6.54 Å². The van der Waals surface area contributed by atoms with E-state index in [4.69, 9.17) is 15.8 Å². The van der Waals surface area contributed by atoms with E-state index in [-0.39, 0.29) is 17.9 Å². The average molecular weight is 412 g/mol. The van der Waals surface area contributed by atoms with E-state index < -0.39 is 0 Å². The van der Waals surface area contributed by atoms with Crippen molar-refractivity contribution in [3.63, 3.8) is 0 Å². The minimum Gasteiger partial charge on any atom is -0.364 e. The van der Waals surface area contributed by atoms with Crippen molar-refractivity contribution >= 4 is 22.8 Å². The van der Waals surface area contributed by atoms with Crippen LogP contribution in [0.4, 0.5) is 16.2 Å². The van der Waals surface area contributed by atoms with Gasteiger partial charge in [-0.1, -0.05) is 25.5 Å². The fraction of sp³-hybridized carbons (Fsp3) is 0.500. The third-order valence-electron chi connectivity index (χ3n) is 5.72. The van der Waals surface area contributed by atoms with Gasteiger partial charge in [-0.05, 0) is 49.8 Å². The van der Waals surface area contributed by atoms with E-state index in [9.17, 15) is 4.39 Å². The van der Waals surface area contributed by atoms with Gasteiger partial charge in [0.2, 0.25) is 5.95 Å². The predicted octanol–water partition coefficient (Wildman–Crippen LogP) is 4.23. The van der Waals surface area contributed by atoms with Crippen molar-refractivity contribution in [1.82, 2.24) is 19.7 Å². The Balaban J connectivity index is 1.61. The van der Waals surface area contributed by atoms with Crippen molar-refractivity contribution in [2.45, 2.75) is 64.1 Å². The summed E-state index contributed by atoms with van der Waals surface area (Å²) >= 11 is 0. The van der Waals surface area contributed by atoms with Gasteiger partial charge in [0.25, 0.3) is 0 Å². The first kappa shape index (κ1) is 20.5. The molecule has 1 saturated carbocycles. The van der Waals surface area contributed by atoms with Crippen LogP contribution in [0.1, 0.15) is 57.1 Å². The van der Waals surface area contributed by atoms with Gasteiger partial charge in [-0.2, -0.15) is 10.1 Å². The summed E-state index contributed by atoms with van der Waals surface area (Å²) < 4.78 is 15.2. The topological polar surface area (TPSA) is 93.7 Å². The second kappa shape index (κ2) is 9.38. The van der Waals surface area contributed by atoms with E-state index in [0.29, 0.717) is 12.5 Å². The summed E-state index contributed by atoms with van der Waals surface area (Å²) in [6.07, 6.45) is 8.02. The maximum absolute atomic E-state index is 13.2. The summed E-state index contributed by atoms with van der Waals surface area (Å²) in [7, 11) is 0. The standard InChI is InChI=1S/C22H30FN7/c1-2-3-12-25-22-27-14-19-20(26-13-15-4-6-16(23)7-5-15)29-30(21(19)28-22)18-10-8-17(24)9-11-18/h4-7,14,17-18H,2-3,8-13,24H2,1H3,(H,26,29)(H,25,27,28). The molecule has 0 atom stereocenters. The molecular weight excluding hydrogens is 381 g/mol. The summed E-state index contributed by atoms with van der Waals surface area (Å²) in [4.78, 5) is 9.28. The zero-order valence-electron chi connectivity index (χ0n) is 17.4.